The maximum absolute atomic E-state index is 12.1. The van der Waals surface area contributed by atoms with E-state index >= 15 is 0 Å². The maximum Gasteiger partial charge on any atom is 0.263 e. The average Bonchev–Trinajstić information content (AvgIpc) is 2.85. The molecule has 0 saturated carbocycles. The van der Waals surface area contributed by atoms with Gasteiger partial charge in [-0.25, -0.2) is 4.98 Å². The van der Waals surface area contributed by atoms with E-state index in [0.717, 1.165) is 0 Å². The first-order chi connectivity index (χ1) is 8.13. The number of imidazole rings is 1. The molecule has 0 aromatic carbocycles. The number of anilines is 1. The zero-order valence-electron chi connectivity index (χ0n) is 10.0. The van der Waals surface area contributed by atoms with Crippen LogP contribution in [0, 0.1) is 6.92 Å². The molecule has 2 heterocycles. The Bertz CT molecular complexity index is 541. The van der Waals surface area contributed by atoms with E-state index < -0.39 is 0 Å². The molecule has 1 N–H and O–H groups in total. The molecule has 2 aromatic heterocycles. The Morgan fingerprint density at radius 2 is 2.35 bits per heavy atom. The smallest absolute Gasteiger partial charge is 0.263 e. The number of aryl methyl sites for hydroxylation is 3. The summed E-state index contributed by atoms with van der Waals surface area (Å²) in [5.41, 5.74) is 1.16. The summed E-state index contributed by atoms with van der Waals surface area (Å²) in [5.74, 6) is 0.779. The van der Waals surface area contributed by atoms with Crippen molar-refractivity contribution < 1.29 is 9.32 Å². The Hall–Kier alpha value is -2.11. The second kappa shape index (κ2) is 4.40. The summed E-state index contributed by atoms with van der Waals surface area (Å²) in [6, 6.07) is 0. The van der Waals surface area contributed by atoms with E-state index in [1.807, 2.05) is 14.0 Å². The predicted molar refractivity (Wildman–Crippen MR) is 61.8 cm³/mol. The lowest BCUT2D eigenvalue weighted by atomic mass is 10.1. The van der Waals surface area contributed by atoms with Crippen molar-refractivity contribution in [2.75, 3.05) is 5.32 Å². The molecule has 0 aliphatic heterocycles. The molecule has 0 unspecified atom stereocenters. The number of amides is 1. The fraction of sp³-hybridized carbons (Fsp3) is 0.364. The van der Waals surface area contributed by atoms with Gasteiger partial charge in [-0.05, 0) is 13.3 Å². The van der Waals surface area contributed by atoms with Gasteiger partial charge in [-0.15, -0.1) is 0 Å². The Labute approximate surface area is 98.6 Å². The summed E-state index contributed by atoms with van der Waals surface area (Å²) in [6.45, 7) is 3.65. The van der Waals surface area contributed by atoms with Crippen LogP contribution in [0.15, 0.2) is 16.9 Å². The first-order valence-corrected chi connectivity index (χ1v) is 5.37. The van der Waals surface area contributed by atoms with Crippen molar-refractivity contribution in [1.82, 2.24) is 14.7 Å². The van der Waals surface area contributed by atoms with Crippen LogP contribution in [0.25, 0.3) is 0 Å². The summed E-state index contributed by atoms with van der Waals surface area (Å²) < 4.78 is 6.75. The lowest BCUT2D eigenvalue weighted by Gasteiger charge is -2.04. The molecule has 6 nitrogen and oxygen atoms in total. The first-order valence-electron chi connectivity index (χ1n) is 5.37. The van der Waals surface area contributed by atoms with Crippen molar-refractivity contribution in [3.8, 4) is 0 Å². The van der Waals surface area contributed by atoms with E-state index in [1.165, 1.54) is 0 Å². The molecule has 2 aromatic rings. The van der Waals surface area contributed by atoms with Crippen LogP contribution in [-0.2, 0) is 13.5 Å². The summed E-state index contributed by atoms with van der Waals surface area (Å²) in [6.07, 6.45) is 4.04. The lowest BCUT2D eigenvalue weighted by Crippen LogP contribution is -2.16. The molecule has 0 saturated heterocycles. The fourth-order valence-corrected chi connectivity index (χ4v) is 1.60. The first kappa shape index (κ1) is 11.4. The van der Waals surface area contributed by atoms with Gasteiger partial charge >= 0.3 is 0 Å². The number of hydrogen-bond acceptors (Lipinski definition) is 4. The Balaban J connectivity index is 2.26. The van der Waals surface area contributed by atoms with Gasteiger partial charge in [0.25, 0.3) is 5.91 Å². The molecule has 6 heteroatoms. The highest BCUT2D eigenvalue weighted by Gasteiger charge is 2.20. The van der Waals surface area contributed by atoms with Gasteiger partial charge in [-0.1, -0.05) is 12.1 Å². The highest BCUT2D eigenvalue weighted by atomic mass is 16.5. The third kappa shape index (κ3) is 2.06. The summed E-state index contributed by atoms with van der Waals surface area (Å²) in [5, 5.41) is 6.57. The van der Waals surface area contributed by atoms with Crippen LogP contribution in [-0.4, -0.2) is 20.6 Å². The standard InChI is InChI=1S/C11H14N4O2/c1-4-8-9(7(2)17-14-8)10(16)13-11-12-5-6-15(11)3/h5-6H,4H2,1-3H3,(H,12,13,16). The molecular weight excluding hydrogens is 220 g/mol. The van der Waals surface area contributed by atoms with Crippen LogP contribution in [0.5, 0.6) is 0 Å². The van der Waals surface area contributed by atoms with Gasteiger partial charge < -0.3 is 9.09 Å². The second-order valence-electron chi connectivity index (χ2n) is 3.73. The van der Waals surface area contributed by atoms with E-state index in [4.69, 9.17) is 4.52 Å². The van der Waals surface area contributed by atoms with E-state index in [-0.39, 0.29) is 5.91 Å². The quantitative estimate of drug-likeness (QED) is 0.874. The predicted octanol–water partition coefficient (Wildman–Crippen LogP) is 1.53. The average molecular weight is 234 g/mol. The van der Waals surface area contributed by atoms with Gasteiger partial charge in [0, 0.05) is 19.4 Å². The molecule has 2 rings (SSSR count). The number of rotatable bonds is 3. The highest BCUT2D eigenvalue weighted by molar-refractivity contribution is 6.04. The highest BCUT2D eigenvalue weighted by Crippen LogP contribution is 2.15. The Morgan fingerprint density at radius 1 is 1.59 bits per heavy atom. The van der Waals surface area contributed by atoms with E-state index in [0.29, 0.717) is 29.4 Å². The number of carbonyl (C=O) groups is 1. The number of aromatic nitrogens is 3. The van der Waals surface area contributed by atoms with Gasteiger partial charge in [0.1, 0.15) is 11.3 Å². The van der Waals surface area contributed by atoms with Gasteiger partial charge in [-0.3, -0.25) is 10.1 Å². The van der Waals surface area contributed by atoms with E-state index in [1.54, 1.807) is 23.9 Å². The number of carbonyl (C=O) groups excluding carboxylic acids is 1. The van der Waals surface area contributed by atoms with Crippen molar-refractivity contribution in [3.05, 3.63) is 29.4 Å². The molecule has 0 fully saturated rings. The van der Waals surface area contributed by atoms with Crippen molar-refractivity contribution in [2.45, 2.75) is 20.3 Å². The van der Waals surface area contributed by atoms with Crippen molar-refractivity contribution in [2.24, 2.45) is 7.05 Å². The molecule has 0 spiro atoms. The fourth-order valence-electron chi connectivity index (χ4n) is 1.60. The van der Waals surface area contributed by atoms with E-state index in [9.17, 15) is 4.79 Å². The minimum Gasteiger partial charge on any atom is -0.361 e. The SMILES string of the molecule is CCc1noc(C)c1C(=O)Nc1nccn1C. The normalized spacial score (nSPS) is 10.5. The molecule has 90 valence electrons. The molecule has 0 aliphatic carbocycles. The van der Waals surface area contributed by atoms with Crippen molar-refractivity contribution in [1.29, 1.82) is 0 Å². The third-order valence-corrected chi connectivity index (χ3v) is 2.54. The maximum atomic E-state index is 12.1. The zero-order chi connectivity index (χ0) is 12.4. The monoisotopic (exact) mass is 234 g/mol. The minimum atomic E-state index is -0.241. The molecule has 0 atom stereocenters. The lowest BCUT2D eigenvalue weighted by molar-refractivity contribution is 0.102. The van der Waals surface area contributed by atoms with Crippen molar-refractivity contribution >= 4 is 11.9 Å². The third-order valence-electron chi connectivity index (χ3n) is 2.54. The second-order valence-corrected chi connectivity index (χ2v) is 3.73. The minimum absolute atomic E-state index is 0.241. The van der Waals surface area contributed by atoms with Crippen LogP contribution >= 0.6 is 0 Å². The molecule has 0 radical (unpaired) electrons. The van der Waals surface area contributed by atoms with Crippen LogP contribution in [0.2, 0.25) is 0 Å². The van der Waals surface area contributed by atoms with Crippen molar-refractivity contribution in [3.63, 3.8) is 0 Å². The molecule has 0 bridgehead atoms. The van der Waals surface area contributed by atoms with Crippen LogP contribution in [0.4, 0.5) is 5.95 Å². The summed E-state index contributed by atoms with van der Waals surface area (Å²) in [4.78, 5) is 16.1. The van der Waals surface area contributed by atoms with Gasteiger partial charge in [0.15, 0.2) is 0 Å². The number of nitrogens with one attached hydrogen (secondary N) is 1. The van der Waals surface area contributed by atoms with Gasteiger partial charge in [0.05, 0.1) is 5.69 Å². The topological polar surface area (TPSA) is 73.0 Å². The summed E-state index contributed by atoms with van der Waals surface area (Å²) in [7, 11) is 1.81. The molecule has 17 heavy (non-hydrogen) atoms. The van der Waals surface area contributed by atoms with Crippen LogP contribution < -0.4 is 5.32 Å². The van der Waals surface area contributed by atoms with Gasteiger partial charge in [0.2, 0.25) is 5.95 Å². The largest absolute Gasteiger partial charge is 0.361 e. The molecule has 0 aliphatic rings. The zero-order valence-corrected chi connectivity index (χ0v) is 10.0. The Morgan fingerprint density at radius 3 is 2.94 bits per heavy atom. The number of hydrogen-bond donors (Lipinski definition) is 1. The Kier molecular flexibility index (Phi) is 2.95. The molecule has 1 amide bonds. The van der Waals surface area contributed by atoms with Crippen LogP contribution in [0.1, 0.15) is 28.7 Å². The summed E-state index contributed by atoms with van der Waals surface area (Å²) >= 11 is 0. The van der Waals surface area contributed by atoms with Crippen LogP contribution in [0.3, 0.4) is 0 Å². The number of nitrogens with zero attached hydrogens (tertiary/aromatic N) is 3. The van der Waals surface area contributed by atoms with E-state index in [2.05, 4.69) is 15.5 Å². The van der Waals surface area contributed by atoms with Gasteiger partial charge in [-0.2, -0.15) is 0 Å². The molecular formula is C11H14N4O2.